The summed E-state index contributed by atoms with van der Waals surface area (Å²) in [5.74, 6) is -2.76. The second-order valence-electron chi connectivity index (χ2n) is 6.29. The highest BCUT2D eigenvalue weighted by Crippen LogP contribution is 2.44. The third-order valence-electron chi connectivity index (χ3n) is 4.78. The van der Waals surface area contributed by atoms with Gasteiger partial charge in [0.2, 0.25) is 0 Å². The van der Waals surface area contributed by atoms with Crippen molar-refractivity contribution in [1.82, 2.24) is 5.32 Å². The van der Waals surface area contributed by atoms with Crippen LogP contribution in [0.1, 0.15) is 38.2 Å². The van der Waals surface area contributed by atoms with Crippen LogP contribution in [0.4, 0.5) is 11.4 Å². The summed E-state index contributed by atoms with van der Waals surface area (Å²) in [6, 6.07) is 3.07. The summed E-state index contributed by atoms with van der Waals surface area (Å²) in [6.07, 6.45) is 0.694. The smallest absolute Gasteiger partial charge is 0.336 e. The van der Waals surface area contributed by atoms with Crippen LogP contribution in [0.3, 0.4) is 0 Å². The zero-order valence-corrected chi connectivity index (χ0v) is 16.9. The average Bonchev–Trinajstić information content (AvgIpc) is 2.75. The monoisotopic (exact) mass is 419 g/mol. The normalized spacial score (nSPS) is 14.3. The Balaban J connectivity index is 2.94. The molecule has 0 spiro atoms. The van der Waals surface area contributed by atoms with E-state index in [1.54, 1.807) is 13.8 Å². The second-order valence-corrected chi connectivity index (χ2v) is 6.29. The summed E-state index contributed by atoms with van der Waals surface area (Å²) in [4.78, 5) is 46.6. The van der Waals surface area contributed by atoms with E-state index >= 15 is 0 Å². The second kappa shape index (κ2) is 9.16. The summed E-state index contributed by atoms with van der Waals surface area (Å²) >= 11 is 0. The van der Waals surface area contributed by atoms with E-state index in [-0.39, 0.29) is 16.7 Å². The lowest BCUT2D eigenvalue weighted by Gasteiger charge is -2.31. The van der Waals surface area contributed by atoms with Gasteiger partial charge in [-0.3, -0.25) is 20.2 Å². The third-order valence-corrected chi connectivity index (χ3v) is 4.78. The summed E-state index contributed by atoms with van der Waals surface area (Å²) in [5.41, 5.74) is -0.246. The van der Waals surface area contributed by atoms with Gasteiger partial charge in [-0.05, 0) is 18.9 Å². The minimum absolute atomic E-state index is 0.00885. The minimum Gasteiger partial charge on any atom is -0.466 e. The van der Waals surface area contributed by atoms with Crippen LogP contribution < -0.4 is 5.32 Å². The molecule has 1 N–H and O–H groups in total. The van der Waals surface area contributed by atoms with Crippen molar-refractivity contribution in [2.24, 2.45) is 0 Å². The Kier molecular flexibility index (Phi) is 6.88. The van der Waals surface area contributed by atoms with E-state index < -0.39 is 39.1 Å². The molecule has 0 unspecified atom stereocenters. The van der Waals surface area contributed by atoms with Gasteiger partial charge in [0, 0.05) is 23.0 Å². The zero-order chi connectivity index (χ0) is 22.6. The number of carbonyl (C=O) groups is 2. The molecule has 1 aromatic rings. The molecule has 0 amide bonds. The van der Waals surface area contributed by atoms with E-state index in [1.165, 1.54) is 6.07 Å². The predicted octanol–water partition coefficient (Wildman–Crippen LogP) is 2.86. The first-order chi connectivity index (χ1) is 14.2. The first-order valence-corrected chi connectivity index (χ1v) is 9.04. The quantitative estimate of drug-likeness (QED) is 0.399. The molecule has 0 saturated heterocycles. The van der Waals surface area contributed by atoms with Gasteiger partial charge in [0.15, 0.2) is 0 Å². The topological polar surface area (TPSA) is 151 Å². The van der Waals surface area contributed by atoms with Gasteiger partial charge in [-0.15, -0.1) is 0 Å². The van der Waals surface area contributed by atoms with Crippen LogP contribution in [-0.2, 0) is 19.1 Å². The van der Waals surface area contributed by atoms with E-state index in [1.807, 2.05) is 0 Å². The fourth-order valence-corrected chi connectivity index (χ4v) is 3.43. The molecule has 0 fully saturated rings. The summed E-state index contributed by atoms with van der Waals surface area (Å²) in [5, 5.41) is 25.9. The molecule has 1 heterocycles. The number of rotatable bonds is 7. The molecule has 1 aliphatic heterocycles. The van der Waals surface area contributed by atoms with Gasteiger partial charge in [0.1, 0.15) is 0 Å². The maximum atomic E-state index is 12.7. The first kappa shape index (κ1) is 22.5. The number of hydrogen-bond acceptors (Lipinski definition) is 9. The molecule has 0 aliphatic carbocycles. The third kappa shape index (κ3) is 4.00. The van der Waals surface area contributed by atoms with Crippen molar-refractivity contribution in [2.45, 2.75) is 32.6 Å². The molecule has 0 atom stereocenters. The van der Waals surface area contributed by atoms with E-state index in [2.05, 4.69) is 5.32 Å². The first-order valence-electron chi connectivity index (χ1n) is 9.04. The lowest BCUT2D eigenvalue weighted by Crippen LogP contribution is -2.33. The molecule has 11 nitrogen and oxygen atoms in total. The summed E-state index contributed by atoms with van der Waals surface area (Å²) in [6.45, 7) is 3.53. The number of carbonyl (C=O) groups excluding carboxylic acids is 2. The number of ether oxygens (including phenoxy) is 2. The average molecular weight is 419 g/mol. The number of benzene rings is 1. The Morgan fingerprint density at radius 3 is 1.83 bits per heavy atom. The number of hydrogen-bond donors (Lipinski definition) is 1. The molecule has 11 heteroatoms. The van der Waals surface area contributed by atoms with E-state index in [0.717, 1.165) is 26.4 Å². The number of nitrogens with zero attached hydrogens (tertiary/aromatic N) is 2. The molecule has 1 aromatic carbocycles. The van der Waals surface area contributed by atoms with Crippen molar-refractivity contribution < 1.29 is 28.9 Å². The number of non-ortho nitro benzene ring substituents is 1. The van der Waals surface area contributed by atoms with Crippen LogP contribution in [-0.4, -0.2) is 36.0 Å². The Bertz CT molecular complexity index is 940. The van der Waals surface area contributed by atoms with Gasteiger partial charge in [-0.1, -0.05) is 13.8 Å². The van der Waals surface area contributed by atoms with Gasteiger partial charge < -0.3 is 14.8 Å². The van der Waals surface area contributed by atoms with Gasteiger partial charge in [-0.2, -0.15) is 0 Å². The maximum Gasteiger partial charge on any atom is 0.336 e. The van der Waals surface area contributed by atoms with E-state index in [0.29, 0.717) is 24.2 Å². The number of nitro benzene ring substituents is 2. The largest absolute Gasteiger partial charge is 0.466 e. The molecule has 1 aliphatic rings. The molecular formula is C19H21N3O8. The van der Waals surface area contributed by atoms with E-state index in [9.17, 15) is 29.8 Å². The molecule has 2 rings (SSSR count). The van der Waals surface area contributed by atoms with Gasteiger partial charge in [-0.25, -0.2) is 9.59 Å². The van der Waals surface area contributed by atoms with Crippen molar-refractivity contribution in [3.05, 3.63) is 66.5 Å². The number of dihydropyridines is 1. The standard InChI is InChI=1S/C19H21N3O8/c1-5-12-16(18(23)29-3)15(17(19(24)30-4)13(6-2)20-12)11-8-7-10(21(25)26)9-14(11)22(27)28/h7-9,15,20H,5-6H2,1-4H3. The van der Waals surface area contributed by atoms with Gasteiger partial charge in [0.05, 0.1) is 47.2 Å². The van der Waals surface area contributed by atoms with Crippen LogP contribution >= 0.6 is 0 Å². The molecule has 160 valence electrons. The SMILES string of the molecule is CCC1=C(C(=O)OC)C(c2ccc([N+](=O)[O-])cc2[N+](=O)[O-])C(C(=O)OC)=C(CC)N1. The highest BCUT2D eigenvalue weighted by molar-refractivity contribution is 6.00. The highest BCUT2D eigenvalue weighted by atomic mass is 16.6. The Morgan fingerprint density at radius 1 is 0.967 bits per heavy atom. The molecule has 0 radical (unpaired) electrons. The van der Waals surface area contributed by atoms with E-state index in [4.69, 9.17) is 9.47 Å². The zero-order valence-electron chi connectivity index (χ0n) is 16.9. The molecule has 0 aromatic heterocycles. The number of nitro groups is 2. The van der Waals surface area contributed by atoms with Crippen LogP contribution in [0.15, 0.2) is 40.7 Å². The van der Waals surface area contributed by atoms with Crippen molar-refractivity contribution in [1.29, 1.82) is 0 Å². The van der Waals surface area contributed by atoms with Crippen LogP contribution in [0.25, 0.3) is 0 Å². The Labute approximate surface area is 171 Å². The van der Waals surface area contributed by atoms with Crippen molar-refractivity contribution in [2.75, 3.05) is 14.2 Å². The number of methoxy groups -OCH3 is 2. The van der Waals surface area contributed by atoms with Crippen LogP contribution in [0, 0.1) is 20.2 Å². The lowest BCUT2D eigenvalue weighted by atomic mass is 9.78. The minimum atomic E-state index is -1.20. The molecule has 30 heavy (non-hydrogen) atoms. The number of esters is 2. The predicted molar refractivity (Wildman–Crippen MR) is 104 cm³/mol. The van der Waals surface area contributed by atoms with Crippen molar-refractivity contribution in [3.8, 4) is 0 Å². The fraction of sp³-hybridized carbons (Fsp3) is 0.368. The fourth-order valence-electron chi connectivity index (χ4n) is 3.43. The Hall–Kier alpha value is -3.76. The summed E-state index contributed by atoms with van der Waals surface area (Å²) in [7, 11) is 2.31. The molecule has 0 saturated carbocycles. The number of nitrogens with one attached hydrogen (secondary N) is 1. The Morgan fingerprint density at radius 2 is 1.47 bits per heavy atom. The van der Waals surface area contributed by atoms with Crippen molar-refractivity contribution in [3.63, 3.8) is 0 Å². The van der Waals surface area contributed by atoms with Gasteiger partial charge in [0.25, 0.3) is 11.4 Å². The van der Waals surface area contributed by atoms with Gasteiger partial charge >= 0.3 is 11.9 Å². The lowest BCUT2D eigenvalue weighted by molar-refractivity contribution is -0.394. The molecular weight excluding hydrogens is 398 g/mol. The van der Waals surface area contributed by atoms with Crippen LogP contribution in [0.5, 0.6) is 0 Å². The summed E-state index contributed by atoms with van der Waals surface area (Å²) < 4.78 is 9.75. The maximum absolute atomic E-state index is 12.7. The van der Waals surface area contributed by atoms with Crippen molar-refractivity contribution >= 4 is 23.3 Å². The number of allylic oxidation sites excluding steroid dienone is 2. The molecule has 0 bridgehead atoms. The van der Waals surface area contributed by atoms with Crippen LogP contribution in [0.2, 0.25) is 0 Å². The highest BCUT2D eigenvalue weighted by Gasteiger charge is 2.42.